The SMILES string of the molecule is CS(=O)(=O)c1ccccc1C1(c2ccccc2)COC(CN(O)C(N)=O)=N1. The minimum absolute atomic E-state index is 0.0193. The number of hydrogen-bond donors (Lipinski definition) is 2. The fourth-order valence-electron chi connectivity index (χ4n) is 3.04. The maximum atomic E-state index is 12.3. The molecule has 1 atom stereocenters. The van der Waals surface area contributed by atoms with Gasteiger partial charge in [-0.3, -0.25) is 5.21 Å². The second kappa shape index (κ2) is 7.01. The maximum absolute atomic E-state index is 12.3. The van der Waals surface area contributed by atoms with Gasteiger partial charge in [0.05, 0.1) is 4.90 Å². The van der Waals surface area contributed by atoms with Crippen molar-refractivity contribution in [2.75, 3.05) is 19.4 Å². The number of carbonyl (C=O) groups excluding carboxylic acids is 1. The molecule has 2 aromatic rings. The Morgan fingerprint density at radius 2 is 1.85 bits per heavy atom. The van der Waals surface area contributed by atoms with Crippen LogP contribution < -0.4 is 5.73 Å². The number of sulfone groups is 1. The average molecular weight is 389 g/mol. The van der Waals surface area contributed by atoms with Crippen LogP contribution in [0.1, 0.15) is 11.1 Å². The van der Waals surface area contributed by atoms with E-state index < -0.39 is 21.4 Å². The van der Waals surface area contributed by atoms with Crippen LogP contribution in [0.5, 0.6) is 0 Å². The number of benzene rings is 2. The Morgan fingerprint density at radius 3 is 2.48 bits per heavy atom. The fourth-order valence-corrected chi connectivity index (χ4v) is 4.00. The molecule has 0 radical (unpaired) electrons. The van der Waals surface area contributed by atoms with E-state index in [4.69, 9.17) is 10.5 Å². The second-order valence-electron chi connectivity index (χ2n) is 6.18. The zero-order valence-electron chi connectivity index (χ0n) is 14.6. The molecular formula is C18H19N3O5S. The average Bonchev–Trinajstić information content (AvgIpc) is 3.06. The summed E-state index contributed by atoms with van der Waals surface area (Å²) in [4.78, 5) is 15.8. The molecule has 0 fully saturated rings. The minimum Gasteiger partial charge on any atom is -0.476 e. The summed E-state index contributed by atoms with van der Waals surface area (Å²) in [6.45, 7) is -0.323. The summed E-state index contributed by atoms with van der Waals surface area (Å²) in [6, 6.07) is 14.6. The molecule has 2 amide bonds. The number of urea groups is 1. The number of hydroxylamine groups is 2. The van der Waals surface area contributed by atoms with Crippen molar-refractivity contribution in [3.05, 3.63) is 65.7 Å². The first-order valence-corrected chi connectivity index (χ1v) is 9.95. The Labute approximate surface area is 156 Å². The predicted octanol–water partition coefficient (Wildman–Crippen LogP) is 1.53. The van der Waals surface area contributed by atoms with Crippen LogP contribution in [-0.2, 0) is 20.1 Å². The lowest BCUT2D eigenvalue weighted by atomic mass is 9.84. The molecule has 8 nitrogen and oxygen atoms in total. The first-order chi connectivity index (χ1) is 12.7. The molecule has 142 valence electrons. The quantitative estimate of drug-likeness (QED) is 0.593. The van der Waals surface area contributed by atoms with Crippen LogP contribution in [0.15, 0.2) is 64.5 Å². The second-order valence-corrected chi connectivity index (χ2v) is 8.17. The summed E-state index contributed by atoms with van der Waals surface area (Å²) in [7, 11) is -3.53. The van der Waals surface area contributed by atoms with Crippen LogP contribution in [0.25, 0.3) is 0 Å². The number of rotatable bonds is 5. The van der Waals surface area contributed by atoms with Gasteiger partial charge in [-0.1, -0.05) is 48.5 Å². The van der Waals surface area contributed by atoms with Crippen LogP contribution in [-0.4, -0.2) is 50.0 Å². The van der Waals surface area contributed by atoms with Crippen molar-refractivity contribution in [3.8, 4) is 0 Å². The van der Waals surface area contributed by atoms with Crippen molar-refractivity contribution in [1.82, 2.24) is 5.06 Å². The van der Waals surface area contributed by atoms with Crippen molar-refractivity contribution in [3.63, 3.8) is 0 Å². The first kappa shape index (κ1) is 18.9. The lowest BCUT2D eigenvalue weighted by Gasteiger charge is -2.27. The molecule has 9 heteroatoms. The van der Waals surface area contributed by atoms with Crippen LogP contribution in [0.4, 0.5) is 4.79 Å². The molecule has 2 aromatic carbocycles. The molecule has 0 saturated heterocycles. The number of aliphatic imine (C=N–C) groups is 1. The van der Waals surface area contributed by atoms with Gasteiger partial charge in [0.2, 0.25) is 5.90 Å². The molecule has 1 heterocycles. The van der Waals surface area contributed by atoms with Gasteiger partial charge in [0.15, 0.2) is 9.84 Å². The van der Waals surface area contributed by atoms with Crippen LogP contribution in [0.2, 0.25) is 0 Å². The Morgan fingerprint density at radius 1 is 1.22 bits per heavy atom. The zero-order chi connectivity index (χ0) is 19.7. The van der Waals surface area contributed by atoms with E-state index in [1.54, 1.807) is 18.2 Å². The first-order valence-electron chi connectivity index (χ1n) is 8.06. The summed E-state index contributed by atoms with van der Waals surface area (Å²) in [6.07, 6.45) is 1.13. The normalized spacial score (nSPS) is 19.3. The Balaban J connectivity index is 2.19. The predicted molar refractivity (Wildman–Crippen MR) is 98.2 cm³/mol. The number of amides is 2. The molecule has 0 bridgehead atoms. The van der Waals surface area contributed by atoms with Gasteiger partial charge < -0.3 is 10.5 Å². The molecule has 1 unspecified atom stereocenters. The van der Waals surface area contributed by atoms with Gasteiger partial charge in [0.1, 0.15) is 18.7 Å². The highest BCUT2D eigenvalue weighted by molar-refractivity contribution is 7.90. The lowest BCUT2D eigenvalue weighted by Crippen LogP contribution is -2.36. The summed E-state index contributed by atoms with van der Waals surface area (Å²) < 4.78 is 30.3. The van der Waals surface area contributed by atoms with Gasteiger partial charge in [0, 0.05) is 11.8 Å². The van der Waals surface area contributed by atoms with E-state index in [1.807, 2.05) is 30.3 Å². The number of primary amides is 1. The van der Waals surface area contributed by atoms with E-state index in [-0.39, 0.29) is 29.0 Å². The van der Waals surface area contributed by atoms with Gasteiger partial charge >= 0.3 is 6.03 Å². The van der Waals surface area contributed by atoms with Crippen LogP contribution in [0, 0.1) is 0 Å². The van der Waals surface area contributed by atoms with Crippen LogP contribution in [0.3, 0.4) is 0 Å². The highest BCUT2D eigenvalue weighted by atomic mass is 32.2. The van der Waals surface area contributed by atoms with Crippen molar-refractivity contribution in [2.24, 2.45) is 10.7 Å². The molecule has 0 saturated carbocycles. The molecule has 1 aliphatic rings. The third-order valence-electron chi connectivity index (χ3n) is 4.29. The molecule has 0 spiro atoms. The molecule has 0 aliphatic carbocycles. The van der Waals surface area contributed by atoms with Crippen molar-refractivity contribution < 1.29 is 23.2 Å². The van der Waals surface area contributed by atoms with E-state index in [9.17, 15) is 18.4 Å². The number of ether oxygens (including phenoxy) is 1. The van der Waals surface area contributed by atoms with Gasteiger partial charge in [-0.25, -0.2) is 18.2 Å². The topological polar surface area (TPSA) is 122 Å². The number of nitrogens with zero attached hydrogens (tertiary/aromatic N) is 2. The Kier molecular flexibility index (Phi) is 4.90. The van der Waals surface area contributed by atoms with Gasteiger partial charge in [-0.15, -0.1) is 0 Å². The molecule has 0 aromatic heterocycles. The largest absolute Gasteiger partial charge is 0.476 e. The smallest absolute Gasteiger partial charge is 0.339 e. The van der Waals surface area contributed by atoms with E-state index >= 15 is 0 Å². The summed E-state index contributed by atoms with van der Waals surface area (Å²) in [5.74, 6) is 0.0726. The van der Waals surface area contributed by atoms with E-state index in [0.717, 1.165) is 11.8 Å². The summed E-state index contributed by atoms with van der Waals surface area (Å²) in [5.41, 5.74) is 5.08. The summed E-state index contributed by atoms with van der Waals surface area (Å²) >= 11 is 0. The summed E-state index contributed by atoms with van der Waals surface area (Å²) in [5, 5.41) is 9.86. The number of hydrogen-bond acceptors (Lipinski definition) is 6. The molecule has 27 heavy (non-hydrogen) atoms. The van der Waals surface area contributed by atoms with Gasteiger partial charge in [-0.05, 0) is 11.6 Å². The Hall–Kier alpha value is -2.91. The zero-order valence-corrected chi connectivity index (χ0v) is 15.4. The molecule has 3 N–H and O–H groups in total. The van der Waals surface area contributed by atoms with Crippen molar-refractivity contribution >= 4 is 21.8 Å². The minimum atomic E-state index is -3.53. The lowest BCUT2D eigenvalue weighted by molar-refractivity contribution is -0.0283. The molecular weight excluding hydrogens is 370 g/mol. The third kappa shape index (κ3) is 3.64. The van der Waals surface area contributed by atoms with E-state index in [2.05, 4.69) is 4.99 Å². The standard InChI is InChI=1S/C18H19N3O5S/c1-27(24,25)15-10-6-5-9-14(15)18(13-7-3-2-4-8-13)12-26-16(20-18)11-21(23)17(19)22/h2-10,23H,11-12H2,1H3,(H2,19,22). The third-order valence-corrected chi connectivity index (χ3v) is 5.44. The van der Waals surface area contributed by atoms with Gasteiger partial charge in [-0.2, -0.15) is 5.06 Å². The van der Waals surface area contributed by atoms with Crippen molar-refractivity contribution in [2.45, 2.75) is 10.4 Å². The van der Waals surface area contributed by atoms with Gasteiger partial charge in [0.25, 0.3) is 0 Å². The van der Waals surface area contributed by atoms with Crippen molar-refractivity contribution in [1.29, 1.82) is 0 Å². The number of carbonyl (C=O) groups is 1. The maximum Gasteiger partial charge on any atom is 0.339 e. The monoisotopic (exact) mass is 389 g/mol. The Bertz CT molecular complexity index is 991. The molecule has 3 rings (SSSR count). The highest BCUT2D eigenvalue weighted by Crippen LogP contribution is 2.40. The van der Waals surface area contributed by atoms with E-state index in [1.165, 1.54) is 6.07 Å². The number of nitrogens with two attached hydrogens (primary N) is 1. The molecule has 1 aliphatic heterocycles. The van der Waals surface area contributed by atoms with Crippen LogP contribution >= 0.6 is 0 Å². The highest BCUT2D eigenvalue weighted by Gasteiger charge is 2.43. The fraction of sp³-hybridized carbons (Fsp3) is 0.222. The van der Waals surface area contributed by atoms with E-state index in [0.29, 0.717) is 5.56 Å².